The number of hydrogen-bond donors (Lipinski definition) is 1. The molecule has 1 N–H and O–H groups in total. The molecular weight excluding hydrogens is 382 g/mol. The summed E-state index contributed by atoms with van der Waals surface area (Å²) in [5, 5.41) is 13.9. The average molecular weight is 405 g/mol. The highest BCUT2D eigenvalue weighted by Gasteiger charge is 2.38. The summed E-state index contributed by atoms with van der Waals surface area (Å²) in [4.78, 5) is 28.3. The third-order valence-corrected chi connectivity index (χ3v) is 5.61. The van der Waals surface area contributed by atoms with Gasteiger partial charge in [-0.1, -0.05) is 42.4 Å². The molecule has 4 rings (SSSR count). The van der Waals surface area contributed by atoms with Crippen molar-refractivity contribution in [3.63, 3.8) is 0 Å². The Morgan fingerprint density at radius 2 is 1.77 bits per heavy atom. The Labute approximate surface area is 174 Å². The van der Waals surface area contributed by atoms with Crippen LogP contribution in [0.1, 0.15) is 35.0 Å². The molecule has 1 aromatic heterocycles. The lowest BCUT2D eigenvalue weighted by Gasteiger charge is -2.41. The third-order valence-electron chi connectivity index (χ3n) is 5.61. The maximum atomic E-state index is 13.4. The molecule has 2 amide bonds. The molecule has 7 heteroatoms. The molecule has 1 unspecified atom stereocenters. The van der Waals surface area contributed by atoms with Crippen molar-refractivity contribution in [1.82, 2.24) is 5.16 Å². The normalized spacial score (nSPS) is 15.8. The molecule has 154 valence electrons. The van der Waals surface area contributed by atoms with E-state index in [1.54, 1.807) is 11.0 Å². The summed E-state index contributed by atoms with van der Waals surface area (Å²) in [6.45, 7) is 6.03. The maximum absolute atomic E-state index is 13.4. The van der Waals surface area contributed by atoms with Gasteiger partial charge in [0.1, 0.15) is 5.69 Å². The van der Waals surface area contributed by atoms with Gasteiger partial charge in [-0.3, -0.25) is 9.69 Å². The van der Waals surface area contributed by atoms with Crippen molar-refractivity contribution >= 4 is 23.4 Å². The second-order valence-electron chi connectivity index (χ2n) is 7.50. The molecule has 1 aliphatic heterocycles. The summed E-state index contributed by atoms with van der Waals surface area (Å²) in [5.41, 5.74) is 4.46. The number of nitrogens with zero attached hydrogens (tertiary/aromatic N) is 3. The van der Waals surface area contributed by atoms with Crippen LogP contribution in [0, 0.1) is 13.8 Å². The first-order valence-electron chi connectivity index (χ1n) is 9.88. The van der Waals surface area contributed by atoms with Crippen molar-refractivity contribution in [1.29, 1.82) is 0 Å². The smallest absolute Gasteiger partial charge is 0.412 e. The standard InChI is InChI=1S/C23H23N3O4/c1-4-17-13-25(19-10-14(2)15(3)11-20(19)26(17)23(28)29)22(27)21-12-18(24-30-21)16-8-6-5-7-9-16/h5-12,17H,4,13H2,1-3H3,(H,28,29). The highest BCUT2D eigenvalue weighted by atomic mass is 16.5. The molecule has 1 atom stereocenters. The van der Waals surface area contributed by atoms with Gasteiger partial charge in [0, 0.05) is 18.2 Å². The Kier molecular flexibility index (Phi) is 5.03. The molecule has 1 aliphatic rings. The molecule has 3 aromatic rings. The molecule has 0 radical (unpaired) electrons. The minimum absolute atomic E-state index is 0.122. The number of carbonyl (C=O) groups is 2. The number of fused-ring (bicyclic) bond motifs is 1. The van der Waals surface area contributed by atoms with Crippen LogP contribution in [-0.4, -0.2) is 34.9 Å². The van der Waals surface area contributed by atoms with E-state index in [-0.39, 0.29) is 24.3 Å². The number of hydrogen-bond acceptors (Lipinski definition) is 4. The van der Waals surface area contributed by atoms with Crippen molar-refractivity contribution in [2.24, 2.45) is 0 Å². The van der Waals surface area contributed by atoms with E-state index in [0.717, 1.165) is 16.7 Å². The monoisotopic (exact) mass is 405 g/mol. The highest BCUT2D eigenvalue weighted by Crippen LogP contribution is 2.39. The second kappa shape index (κ2) is 7.67. The zero-order chi connectivity index (χ0) is 21.4. The molecule has 0 bridgehead atoms. The minimum atomic E-state index is -1.02. The number of amides is 2. The molecule has 0 fully saturated rings. The van der Waals surface area contributed by atoms with Crippen LogP contribution in [-0.2, 0) is 0 Å². The summed E-state index contributed by atoms with van der Waals surface area (Å²) < 4.78 is 5.38. The van der Waals surface area contributed by atoms with E-state index in [4.69, 9.17) is 4.52 Å². The molecule has 0 saturated heterocycles. The van der Waals surface area contributed by atoms with Gasteiger partial charge in [0.2, 0.25) is 5.76 Å². The van der Waals surface area contributed by atoms with Crippen molar-refractivity contribution in [3.05, 3.63) is 65.4 Å². The fourth-order valence-electron chi connectivity index (χ4n) is 3.80. The first-order valence-corrected chi connectivity index (χ1v) is 9.88. The molecule has 30 heavy (non-hydrogen) atoms. The summed E-state index contributed by atoms with van der Waals surface area (Å²) >= 11 is 0. The fraction of sp³-hybridized carbons (Fsp3) is 0.261. The van der Waals surface area contributed by atoms with Crippen molar-refractivity contribution < 1.29 is 19.2 Å². The fourth-order valence-corrected chi connectivity index (χ4v) is 3.80. The van der Waals surface area contributed by atoms with E-state index in [1.807, 2.05) is 63.2 Å². The summed E-state index contributed by atoms with van der Waals surface area (Å²) in [6, 6.07) is 14.5. The van der Waals surface area contributed by atoms with Crippen LogP contribution in [0.3, 0.4) is 0 Å². The third kappa shape index (κ3) is 3.32. The van der Waals surface area contributed by atoms with Gasteiger partial charge < -0.3 is 14.5 Å². The van der Waals surface area contributed by atoms with Gasteiger partial charge in [0.25, 0.3) is 5.91 Å². The quantitative estimate of drug-likeness (QED) is 0.671. The Morgan fingerprint density at radius 1 is 1.10 bits per heavy atom. The zero-order valence-corrected chi connectivity index (χ0v) is 17.1. The predicted molar refractivity (Wildman–Crippen MR) is 114 cm³/mol. The SMILES string of the molecule is CCC1CN(C(=O)c2cc(-c3ccccc3)no2)c2cc(C)c(C)cc2N1C(=O)O. The van der Waals surface area contributed by atoms with Gasteiger partial charge >= 0.3 is 6.09 Å². The van der Waals surface area contributed by atoms with Gasteiger partial charge in [-0.2, -0.15) is 0 Å². The Bertz CT molecular complexity index is 1110. The molecule has 2 aromatic carbocycles. The van der Waals surface area contributed by atoms with Crippen LogP contribution in [0.2, 0.25) is 0 Å². The molecule has 7 nitrogen and oxygen atoms in total. The lowest BCUT2D eigenvalue weighted by molar-refractivity contribution is 0.0947. The average Bonchev–Trinajstić information content (AvgIpc) is 3.24. The van der Waals surface area contributed by atoms with Crippen molar-refractivity contribution in [2.75, 3.05) is 16.3 Å². The molecule has 0 aliphatic carbocycles. The van der Waals surface area contributed by atoms with Crippen LogP contribution in [0.25, 0.3) is 11.3 Å². The summed E-state index contributed by atoms with van der Waals surface area (Å²) in [7, 11) is 0. The molecule has 2 heterocycles. The number of carboxylic acid groups (broad SMARTS) is 1. The Hall–Kier alpha value is -3.61. The van der Waals surface area contributed by atoms with Gasteiger partial charge in [-0.25, -0.2) is 4.79 Å². The van der Waals surface area contributed by atoms with E-state index in [0.29, 0.717) is 23.5 Å². The predicted octanol–water partition coefficient (Wildman–Crippen LogP) is 4.88. The number of anilines is 2. The summed E-state index contributed by atoms with van der Waals surface area (Å²) in [5.74, 6) is -0.214. The van der Waals surface area contributed by atoms with E-state index in [9.17, 15) is 14.7 Å². The Morgan fingerprint density at radius 3 is 2.40 bits per heavy atom. The zero-order valence-electron chi connectivity index (χ0n) is 17.1. The number of rotatable bonds is 3. The van der Waals surface area contributed by atoms with E-state index in [1.165, 1.54) is 4.90 Å². The first-order chi connectivity index (χ1) is 14.4. The van der Waals surface area contributed by atoms with E-state index >= 15 is 0 Å². The number of benzene rings is 2. The van der Waals surface area contributed by atoms with Gasteiger partial charge in [0.05, 0.1) is 17.4 Å². The van der Waals surface area contributed by atoms with E-state index < -0.39 is 6.09 Å². The molecule has 0 spiro atoms. The topological polar surface area (TPSA) is 86.9 Å². The van der Waals surface area contributed by atoms with Crippen LogP contribution < -0.4 is 9.80 Å². The van der Waals surface area contributed by atoms with Crippen LogP contribution >= 0.6 is 0 Å². The van der Waals surface area contributed by atoms with Gasteiger partial charge in [-0.05, 0) is 43.5 Å². The molecule has 0 saturated carbocycles. The largest absolute Gasteiger partial charge is 0.465 e. The highest BCUT2D eigenvalue weighted by molar-refractivity contribution is 6.09. The lowest BCUT2D eigenvalue weighted by atomic mass is 10.00. The van der Waals surface area contributed by atoms with Crippen LogP contribution in [0.15, 0.2) is 53.1 Å². The maximum Gasteiger partial charge on any atom is 0.412 e. The van der Waals surface area contributed by atoms with Crippen LogP contribution in [0.4, 0.5) is 16.2 Å². The van der Waals surface area contributed by atoms with Crippen molar-refractivity contribution in [2.45, 2.75) is 33.2 Å². The molecular formula is C23H23N3O4. The van der Waals surface area contributed by atoms with Crippen LogP contribution in [0.5, 0.6) is 0 Å². The number of aromatic nitrogens is 1. The Balaban J connectivity index is 1.76. The summed E-state index contributed by atoms with van der Waals surface area (Å²) in [6.07, 6.45) is -0.446. The minimum Gasteiger partial charge on any atom is -0.465 e. The van der Waals surface area contributed by atoms with Gasteiger partial charge in [0.15, 0.2) is 0 Å². The van der Waals surface area contributed by atoms with Gasteiger partial charge in [-0.15, -0.1) is 0 Å². The number of carbonyl (C=O) groups excluding carboxylic acids is 1. The first kappa shape index (κ1) is 19.7. The van der Waals surface area contributed by atoms with Crippen molar-refractivity contribution in [3.8, 4) is 11.3 Å². The number of aryl methyl sites for hydroxylation is 2. The lowest BCUT2D eigenvalue weighted by Crippen LogP contribution is -2.52. The van der Waals surface area contributed by atoms with E-state index in [2.05, 4.69) is 5.16 Å². The second-order valence-corrected chi connectivity index (χ2v) is 7.50.